The van der Waals surface area contributed by atoms with Gasteiger partial charge >= 0.3 is 0 Å². The van der Waals surface area contributed by atoms with Crippen molar-refractivity contribution in [3.8, 4) is 5.75 Å². The second kappa shape index (κ2) is 8.32. The van der Waals surface area contributed by atoms with Crippen LogP contribution in [-0.2, 0) is 4.79 Å². The molecule has 1 aliphatic heterocycles. The zero-order valence-corrected chi connectivity index (χ0v) is 15.5. The number of carbonyl (C=O) groups is 2. The highest BCUT2D eigenvalue weighted by Crippen LogP contribution is 2.25. The summed E-state index contributed by atoms with van der Waals surface area (Å²) in [4.78, 5) is 26.2. The van der Waals surface area contributed by atoms with Gasteiger partial charge in [0.15, 0.2) is 5.78 Å². The molecule has 2 aromatic rings. The van der Waals surface area contributed by atoms with Crippen molar-refractivity contribution in [2.45, 2.75) is 19.8 Å². The third-order valence-corrected chi connectivity index (χ3v) is 5.01. The van der Waals surface area contributed by atoms with Crippen LogP contribution in [0.3, 0.4) is 0 Å². The lowest BCUT2D eigenvalue weighted by Crippen LogP contribution is -2.42. The molecule has 0 aromatic heterocycles. The molecule has 3 rings (SSSR count). The first-order valence-electron chi connectivity index (χ1n) is 9.15. The molecule has 1 amide bonds. The second-order valence-electron chi connectivity index (χ2n) is 6.91. The lowest BCUT2D eigenvalue weighted by molar-refractivity contribution is -0.119. The summed E-state index contributed by atoms with van der Waals surface area (Å²) in [7, 11) is 1.65. The highest BCUT2D eigenvalue weighted by molar-refractivity contribution is 6.01. The van der Waals surface area contributed by atoms with Gasteiger partial charge in [0, 0.05) is 38.0 Å². The van der Waals surface area contributed by atoms with Crippen molar-refractivity contribution >= 4 is 22.5 Å². The minimum atomic E-state index is -0.0116. The average Bonchev–Trinajstić information content (AvgIpc) is 2.66. The molecule has 0 saturated carbocycles. The molecule has 1 fully saturated rings. The average molecular weight is 354 g/mol. The number of piperidine rings is 1. The van der Waals surface area contributed by atoms with Crippen molar-refractivity contribution in [2.24, 2.45) is 5.92 Å². The summed E-state index contributed by atoms with van der Waals surface area (Å²) >= 11 is 0. The van der Waals surface area contributed by atoms with Gasteiger partial charge in [0.2, 0.25) is 5.91 Å². The van der Waals surface area contributed by atoms with E-state index in [9.17, 15) is 9.59 Å². The van der Waals surface area contributed by atoms with Crippen LogP contribution in [0.15, 0.2) is 36.4 Å². The molecule has 26 heavy (non-hydrogen) atoms. The summed E-state index contributed by atoms with van der Waals surface area (Å²) in [6, 6.07) is 11.8. The summed E-state index contributed by atoms with van der Waals surface area (Å²) in [6.45, 7) is 4.70. The monoisotopic (exact) mass is 354 g/mol. The van der Waals surface area contributed by atoms with Gasteiger partial charge in [0.25, 0.3) is 0 Å². The standard InChI is InChI=1S/C21H26N2O3/c1-15(24)22-9-11-23-10-3-4-19(14-23)21(25)18-6-5-17-13-20(26-2)8-7-16(17)12-18/h5-8,12-13,19H,3-4,9-11,14H2,1-2H3,(H,22,24)/t19-/m1/s1. The molecule has 1 aliphatic rings. The molecule has 5 heteroatoms. The van der Waals surface area contributed by atoms with Gasteiger partial charge in [-0.3, -0.25) is 9.59 Å². The molecule has 0 spiro atoms. The first kappa shape index (κ1) is 18.4. The number of fused-ring (bicyclic) bond motifs is 1. The highest BCUT2D eigenvalue weighted by Gasteiger charge is 2.26. The zero-order valence-electron chi connectivity index (χ0n) is 15.5. The molecular weight excluding hydrogens is 328 g/mol. The van der Waals surface area contributed by atoms with Gasteiger partial charge in [-0.1, -0.05) is 18.2 Å². The number of carbonyl (C=O) groups excluding carboxylic acids is 2. The predicted molar refractivity (Wildman–Crippen MR) is 103 cm³/mol. The second-order valence-corrected chi connectivity index (χ2v) is 6.91. The zero-order chi connectivity index (χ0) is 18.5. The first-order valence-corrected chi connectivity index (χ1v) is 9.15. The number of hydrogen-bond donors (Lipinski definition) is 1. The van der Waals surface area contributed by atoms with Gasteiger partial charge in [0.05, 0.1) is 7.11 Å². The van der Waals surface area contributed by atoms with Gasteiger partial charge in [-0.2, -0.15) is 0 Å². The van der Waals surface area contributed by atoms with Crippen LogP contribution < -0.4 is 10.1 Å². The van der Waals surface area contributed by atoms with Crippen molar-refractivity contribution in [3.63, 3.8) is 0 Å². The van der Waals surface area contributed by atoms with E-state index in [2.05, 4.69) is 10.2 Å². The van der Waals surface area contributed by atoms with E-state index in [4.69, 9.17) is 4.74 Å². The molecule has 0 radical (unpaired) electrons. The number of Topliss-reactive ketones (excluding diaryl/α,β-unsaturated/α-hetero) is 1. The number of nitrogens with one attached hydrogen (secondary N) is 1. The van der Waals surface area contributed by atoms with Gasteiger partial charge < -0.3 is 15.0 Å². The molecule has 1 N–H and O–H groups in total. The molecule has 1 heterocycles. The Bertz CT molecular complexity index is 803. The quantitative estimate of drug-likeness (QED) is 0.811. The van der Waals surface area contributed by atoms with Gasteiger partial charge in [-0.25, -0.2) is 0 Å². The molecular formula is C21H26N2O3. The lowest BCUT2D eigenvalue weighted by Gasteiger charge is -2.32. The van der Waals surface area contributed by atoms with Crippen molar-refractivity contribution < 1.29 is 14.3 Å². The van der Waals surface area contributed by atoms with E-state index < -0.39 is 0 Å². The third-order valence-electron chi connectivity index (χ3n) is 5.01. The number of ether oxygens (including phenoxy) is 1. The fraction of sp³-hybridized carbons (Fsp3) is 0.429. The normalized spacial score (nSPS) is 17.8. The predicted octanol–water partition coefficient (Wildman–Crippen LogP) is 2.88. The maximum absolute atomic E-state index is 13.0. The number of hydrogen-bond acceptors (Lipinski definition) is 4. The van der Waals surface area contributed by atoms with E-state index >= 15 is 0 Å². The molecule has 138 valence electrons. The molecule has 0 unspecified atom stereocenters. The Kier molecular flexibility index (Phi) is 5.89. The number of nitrogens with zero attached hydrogens (tertiary/aromatic N) is 1. The van der Waals surface area contributed by atoms with Crippen LogP contribution in [0.2, 0.25) is 0 Å². The number of rotatable bonds is 6. The fourth-order valence-electron chi connectivity index (χ4n) is 3.60. The Hall–Kier alpha value is -2.40. The van der Waals surface area contributed by atoms with Crippen molar-refractivity contribution in [1.29, 1.82) is 0 Å². The summed E-state index contributed by atoms with van der Waals surface area (Å²) in [5, 5.41) is 4.94. The third kappa shape index (κ3) is 4.41. The lowest BCUT2D eigenvalue weighted by atomic mass is 9.89. The molecule has 1 saturated heterocycles. The minimum absolute atomic E-state index is 0.0116. The van der Waals surface area contributed by atoms with E-state index in [1.165, 1.54) is 6.92 Å². The Balaban J connectivity index is 1.67. The number of ketones is 1. The van der Waals surface area contributed by atoms with E-state index in [0.29, 0.717) is 6.54 Å². The highest BCUT2D eigenvalue weighted by atomic mass is 16.5. The summed E-state index contributed by atoms with van der Waals surface area (Å²) < 4.78 is 5.26. The number of methoxy groups -OCH3 is 1. The smallest absolute Gasteiger partial charge is 0.216 e. The molecule has 2 aromatic carbocycles. The van der Waals surface area contributed by atoms with Crippen LogP contribution >= 0.6 is 0 Å². The fourth-order valence-corrected chi connectivity index (χ4v) is 3.60. The summed E-state index contributed by atoms with van der Waals surface area (Å²) in [5.41, 5.74) is 0.774. The Morgan fingerprint density at radius 1 is 1.19 bits per heavy atom. The van der Waals surface area contributed by atoms with E-state index in [1.807, 2.05) is 36.4 Å². The molecule has 5 nitrogen and oxygen atoms in total. The maximum Gasteiger partial charge on any atom is 0.216 e. The molecule has 1 atom stereocenters. The number of likely N-dealkylation sites (tertiary alicyclic amines) is 1. The number of benzene rings is 2. The summed E-state index contributed by atoms with van der Waals surface area (Å²) in [5.74, 6) is 1.05. The van der Waals surface area contributed by atoms with Crippen LogP contribution in [0.1, 0.15) is 30.1 Å². The Labute approximate surface area is 154 Å². The van der Waals surface area contributed by atoms with Gasteiger partial charge in [-0.15, -0.1) is 0 Å². The molecule has 0 aliphatic carbocycles. The van der Waals surface area contributed by atoms with Crippen LogP contribution in [0.25, 0.3) is 10.8 Å². The van der Waals surface area contributed by atoms with E-state index in [-0.39, 0.29) is 17.6 Å². The van der Waals surface area contributed by atoms with Crippen molar-refractivity contribution in [2.75, 3.05) is 33.3 Å². The SMILES string of the molecule is COc1ccc2cc(C(=O)[C@@H]3CCCN(CCNC(C)=O)C3)ccc2c1. The molecule has 0 bridgehead atoms. The summed E-state index contributed by atoms with van der Waals surface area (Å²) in [6.07, 6.45) is 1.94. The van der Waals surface area contributed by atoms with Crippen molar-refractivity contribution in [3.05, 3.63) is 42.0 Å². The van der Waals surface area contributed by atoms with Gasteiger partial charge in [-0.05, 0) is 48.4 Å². The minimum Gasteiger partial charge on any atom is -0.497 e. The number of amides is 1. The van der Waals surface area contributed by atoms with Crippen LogP contribution in [0.5, 0.6) is 5.75 Å². The van der Waals surface area contributed by atoms with E-state index in [0.717, 1.165) is 54.6 Å². The van der Waals surface area contributed by atoms with Crippen LogP contribution in [0.4, 0.5) is 0 Å². The van der Waals surface area contributed by atoms with Gasteiger partial charge in [0.1, 0.15) is 5.75 Å². The van der Waals surface area contributed by atoms with Crippen molar-refractivity contribution in [1.82, 2.24) is 10.2 Å². The Morgan fingerprint density at radius 2 is 1.96 bits per heavy atom. The maximum atomic E-state index is 13.0. The van der Waals surface area contributed by atoms with Crippen LogP contribution in [-0.4, -0.2) is 49.9 Å². The van der Waals surface area contributed by atoms with E-state index in [1.54, 1.807) is 7.11 Å². The Morgan fingerprint density at radius 3 is 2.73 bits per heavy atom. The van der Waals surface area contributed by atoms with Crippen LogP contribution in [0, 0.1) is 5.92 Å². The largest absolute Gasteiger partial charge is 0.497 e. The topological polar surface area (TPSA) is 58.6 Å². The first-order chi connectivity index (χ1) is 12.6.